The van der Waals surface area contributed by atoms with Crippen LogP contribution in [0.15, 0.2) is 6.08 Å². The number of aryl methyl sites for hydroxylation is 4. The van der Waals surface area contributed by atoms with Gasteiger partial charge in [-0.15, -0.1) is 0 Å². The molecule has 0 bridgehead atoms. The van der Waals surface area contributed by atoms with E-state index in [4.69, 9.17) is 14.6 Å². The lowest BCUT2D eigenvalue weighted by molar-refractivity contribution is 0.0509. The molecule has 0 radical (unpaired) electrons. The van der Waals surface area contributed by atoms with Gasteiger partial charge >= 0.3 is 17.9 Å². The van der Waals surface area contributed by atoms with Gasteiger partial charge in [-0.2, -0.15) is 0 Å². The van der Waals surface area contributed by atoms with Crippen LogP contribution in [-0.4, -0.2) is 163 Å². The highest BCUT2D eigenvalue weighted by Gasteiger charge is 2.29. The topological polar surface area (TPSA) is 183 Å². The minimum absolute atomic E-state index is 0.234. The summed E-state index contributed by atoms with van der Waals surface area (Å²) in [5, 5.41) is 9.10. The number of carbonyl (C=O) groups excluding carboxylic acids is 3. The number of rotatable bonds is 10. The van der Waals surface area contributed by atoms with Crippen LogP contribution in [0.3, 0.4) is 0 Å². The Morgan fingerprint density at radius 2 is 0.930 bits per heavy atom. The fourth-order valence-electron chi connectivity index (χ4n) is 11.4. The number of carboxylic acids is 1. The molecule has 4 aliphatic heterocycles. The third kappa shape index (κ3) is 14.1. The number of ether oxygens (including phenoxy) is 2. The van der Waals surface area contributed by atoms with Gasteiger partial charge in [0.2, 0.25) is 0 Å². The van der Waals surface area contributed by atoms with Gasteiger partial charge in [0.1, 0.15) is 17.1 Å². The molecule has 0 aromatic carbocycles. The number of carbonyl (C=O) groups is 4. The maximum absolute atomic E-state index is 11.9. The Labute approximate surface area is 423 Å². The van der Waals surface area contributed by atoms with Crippen LogP contribution in [0.5, 0.6) is 0 Å². The number of nitrogens with one attached hydrogen (secondary N) is 4. The summed E-state index contributed by atoms with van der Waals surface area (Å²) >= 11 is 0. The number of aromatic amines is 4. The predicted molar refractivity (Wildman–Crippen MR) is 284 cm³/mol. The molecule has 3 fully saturated rings. The van der Waals surface area contributed by atoms with Crippen LogP contribution in [-0.2, 0) is 9.47 Å². The molecule has 15 heteroatoms. The minimum atomic E-state index is -0.857. The molecule has 15 nitrogen and oxygen atoms in total. The second-order valence-electron chi connectivity index (χ2n) is 20.5. The first kappa shape index (κ1) is 56.7. The van der Waals surface area contributed by atoms with Crippen molar-refractivity contribution < 1.29 is 33.8 Å². The van der Waals surface area contributed by atoms with E-state index in [-0.39, 0.29) is 11.9 Å². The van der Waals surface area contributed by atoms with E-state index in [1.165, 1.54) is 46.4 Å². The Balaban J connectivity index is 0.000000176. The number of hydrogen-bond acceptors (Lipinski definition) is 10. The third-order valence-electron chi connectivity index (χ3n) is 15.4. The van der Waals surface area contributed by atoms with Crippen LogP contribution >= 0.6 is 0 Å². The largest absolute Gasteiger partial charge is 0.477 e. The molecule has 0 amide bonds. The van der Waals surface area contributed by atoms with E-state index in [0.29, 0.717) is 48.0 Å². The molecule has 0 atom stereocenters. The van der Waals surface area contributed by atoms with E-state index in [1.807, 2.05) is 48.5 Å². The van der Waals surface area contributed by atoms with Crippen LogP contribution < -0.4 is 0 Å². The number of aldehydes is 1. The number of H-pyrrole nitrogens is 4. The Morgan fingerprint density at radius 1 is 0.549 bits per heavy atom. The first-order valence-corrected chi connectivity index (χ1v) is 25.9. The van der Waals surface area contributed by atoms with Gasteiger partial charge in [-0.25, -0.2) is 14.4 Å². The highest BCUT2D eigenvalue weighted by Crippen LogP contribution is 2.36. The Kier molecular flexibility index (Phi) is 20.7. The van der Waals surface area contributed by atoms with Crippen LogP contribution in [0.2, 0.25) is 0 Å². The van der Waals surface area contributed by atoms with Gasteiger partial charge in [0, 0.05) is 41.4 Å². The zero-order valence-electron chi connectivity index (χ0n) is 45.6. The van der Waals surface area contributed by atoms with Gasteiger partial charge in [-0.1, -0.05) is 6.08 Å². The first-order chi connectivity index (χ1) is 33.7. The summed E-state index contributed by atoms with van der Waals surface area (Å²) < 4.78 is 10.2. The molecule has 0 unspecified atom stereocenters. The Hall–Kier alpha value is -5.22. The van der Waals surface area contributed by atoms with E-state index in [1.54, 1.807) is 0 Å². The lowest BCUT2D eigenvalue weighted by atomic mass is 9.87. The zero-order valence-corrected chi connectivity index (χ0v) is 45.6. The summed E-state index contributed by atoms with van der Waals surface area (Å²) in [4.78, 5) is 67.7. The minimum Gasteiger partial charge on any atom is -0.477 e. The molecule has 0 aliphatic carbocycles. The summed E-state index contributed by atoms with van der Waals surface area (Å²) in [5.41, 5.74) is 17.3. The van der Waals surface area contributed by atoms with Crippen molar-refractivity contribution in [3.05, 3.63) is 96.1 Å². The zero-order chi connectivity index (χ0) is 52.3. The van der Waals surface area contributed by atoms with Gasteiger partial charge in [0.05, 0.1) is 18.9 Å². The lowest BCUT2D eigenvalue weighted by Gasteiger charge is -2.29. The molecule has 4 aliphatic rings. The predicted octanol–water partition coefficient (Wildman–Crippen LogP) is 9.54. The molecule has 392 valence electrons. The molecular weight excluding hydrogens is 897 g/mol. The van der Waals surface area contributed by atoms with Crippen molar-refractivity contribution in [2.24, 2.45) is 0 Å². The molecule has 4 aromatic heterocycles. The van der Waals surface area contributed by atoms with Gasteiger partial charge in [0.15, 0.2) is 6.29 Å². The summed E-state index contributed by atoms with van der Waals surface area (Å²) in [5.74, 6) is 0.349. The molecule has 8 heterocycles. The van der Waals surface area contributed by atoms with Gasteiger partial charge in [-0.3, -0.25) is 4.79 Å². The van der Waals surface area contributed by atoms with Crippen molar-refractivity contribution in [2.75, 3.05) is 93.8 Å². The fraction of sp³-hybridized carbons (Fsp3) is 0.607. The molecule has 3 saturated heterocycles. The van der Waals surface area contributed by atoms with Crippen molar-refractivity contribution in [2.45, 2.75) is 132 Å². The monoisotopic (exact) mass is 983 g/mol. The van der Waals surface area contributed by atoms with Crippen molar-refractivity contribution in [3.63, 3.8) is 0 Å². The number of hydrogen-bond donors (Lipinski definition) is 5. The molecular formula is C56H86N8O7. The van der Waals surface area contributed by atoms with Crippen molar-refractivity contribution in [1.82, 2.24) is 39.5 Å². The maximum atomic E-state index is 11.9. The van der Waals surface area contributed by atoms with Crippen molar-refractivity contribution >= 4 is 29.8 Å². The summed E-state index contributed by atoms with van der Waals surface area (Å²) in [6.45, 7) is 29.4. The van der Waals surface area contributed by atoms with Crippen LogP contribution in [0, 0.1) is 55.4 Å². The first-order valence-electron chi connectivity index (χ1n) is 25.9. The quantitative estimate of drug-likeness (QED) is 0.0754. The standard InChI is InChI=1S/C15H24N2O2.C15H22N2O2.C13H20N2O2.C13H20N2O/c2*1-5-19-15(18)14-10(2)13(11(3)16-14)12-6-8-17(4)9-7-12;1-8-11(9(2)14-12(8)13(16)17)10-4-6-15(3)7-5-10;1-9-12(8-16)14-10(2)13(9)11-4-6-15(3)7-5-11/h12,16H,5-9H2,1-4H3;6,16H,5,7-9H2,1-4H3;10,14H,4-7H2,1-3H3,(H,16,17);8,11,14H,4-7H2,1-3H3. The average Bonchev–Trinajstić information content (AvgIpc) is 4.02. The number of likely N-dealkylation sites (tertiary alicyclic amines) is 3. The molecule has 71 heavy (non-hydrogen) atoms. The Morgan fingerprint density at radius 3 is 1.30 bits per heavy atom. The van der Waals surface area contributed by atoms with E-state index < -0.39 is 5.97 Å². The van der Waals surface area contributed by atoms with Gasteiger partial charge in [-0.05, 0) is 244 Å². The number of esters is 2. The number of aromatic nitrogens is 4. The highest BCUT2D eigenvalue weighted by molar-refractivity contribution is 5.92. The van der Waals surface area contributed by atoms with Crippen LogP contribution in [0.25, 0.3) is 5.57 Å². The van der Waals surface area contributed by atoms with E-state index in [9.17, 15) is 19.2 Å². The second kappa shape index (κ2) is 25.9. The van der Waals surface area contributed by atoms with E-state index in [0.717, 1.165) is 136 Å². The van der Waals surface area contributed by atoms with E-state index in [2.05, 4.69) is 94.6 Å². The van der Waals surface area contributed by atoms with Crippen LogP contribution in [0.1, 0.15) is 186 Å². The number of piperidine rings is 3. The van der Waals surface area contributed by atoms with Crippen molar-refractivity contribution in [1.29, 1.82) is 0 Å². The number of likely N-dealkylation sites (N-methyl/N-ethyl adjacent to an activating group) is 1. The fourth-order valence-corrected chi connectivity index (χ4v) is 11.4. The van der Waals surface area contributed by atoms with Crippen LogP contribution in [0.4, 0.5) is 0 Å². The van der Waals surface area contributed by atoms with Gasteiger partial charge in [0.25, 0.3) is 0 Å². The maximum Gasteiger partial charge on any atom is 0.355 e. The number of aromatic carboxylic acids is 1. The summed E-state index contributed by atoms with van der Waals surface area (Å²) in [7, 11) is 8.59. The molecule has 0 saturated carbocycles. The number of carboxylic acid groups (broad SMARTS) is 1. The summed E-state index contributed by atoms with van der Waals surface area (Å²) in [6, 6.07) is 0. The molecule has 0 spiro atoms. The second-order valence-corrected chi connectivity index (χ2v) is 20.5. The smallest absolute Gasteiger partial charge is 0.355 e. The SMILES string of the molecule is CCOC(=O)c1[nH]c(C)c(C2=CCN(C)CC2)c1C.CCOC(=O)c1[nH]c(C)c(C2CCN(C)CC2)c1C.Cc1[nH]c(C(=O)O)c(C)c1C1CCN(C)CC1.Cc1[nH]c(C=O)c(C)c1C1CCN(C)CC1. The lowest BCUT2D eigenvalue weighted by Crippen LogP contribution is -2.29. The molecule has 5 N–H and O–H groups in total. The van der Waals surface area contributed by atoms with Crippen molar-refractivity contribution in [3.8, 4) is 0 Å². The van der Waals surface area contributed by atoms with E-state index >= 15 is 0 Å². The van der Waals surface area contributed by atoms with Gasteiger partial charge < -0.3 is 54.1 Å². The summed E-state index contributed by atoms with van der Waals surface area (Å²) in [6.07, 6.45) is 11.2. The highest BCUT2D eigenvalue weighted by atomic mass is 16.5. The normalized spacial score (nSPS) is 17.8. The Bertz CT molecular complexity index is 2460. The third-order valence-corrected chi connectivity index (χ3v) is 15.4. The molecule has 4 aromatic rings. The average molecular weight is 983 g/mol. The number of nitrogens with zero attached hydrogens (tertiary/aromatic N) is 4. The molecule has 8 rings (SSSR count).